The van der Waals surface area contributed by atoms with Crippen molar-refractivity contribution in [1.29, 1.82) is 0 Å². The zero-order chi connectivity index (χ0) is 14.5. The van der Waals surface area contributed by atoms with Gasteiger partial charge in [-0.05, 0) is 18.8 Å². The highest BCUT2D eigenvalue weighted by molar-refractivity contribution is 5.82. The van der Waals surface area contributed by atoms with Crippen molar-refractivity contribution in [3.8, 4) is 0 Å². The van der Waals surface area contributed by atoms with Crippen LogP contribution in [0.3, 0.4) is 0 Å². The molecule has 4 nitrogen and oxygen atoms in total. The molecule has 19 heavy (non-hydrogen) atoms. The monoisotopic (exact) mass is 281 g/mol. The van der Waals surface area contributed by atoms with Gasteiger partial charge in [-0.25, -0.2) is 0 Å². The van der Waals surface area contributed by atoms with E-state index in [-0.39, 0.29) is 5.92 Å². The SMILES string of the molecule is O=C(O)C(CNC(=O)C(F)(F)F)C1CCCCCC1. The van der Waals surface area contributed by atoms with Gasteiger partial charge in [0.2, 0.25) is 0 Å². The fraction of sp³-hybridized carbons (Fsp3) is 0.833. The van der Waals surface area contributed by atoms with Crippen molar-refractivity contribution in [1.82, 2.24) is 5.32 Å². The summed E-state index contributed by atoms with van der Waals surface area (Å²) in [6.07, 6.45) is 0.253. The molecule has 1 unspecified atom stereocenters. The van der Waals surface area contributed by atoms with E-state index in [1.54, 1.807) is 5.32 Å². The molecule has 1 fully saturated rings. The van der Waals surface area contributed by atoms with Gasteiger partial charge in [-0.3, -0.25) is 9.59 Å². The van der Waals surface area contributed by atoms with Crippen molar-refractivity contribution in [2.45, 2.75) is 44.7 Å². The summed E-state index contributed by atoms with van der Waals surface area (Å²) >= 11 is 0. The minimum atomic E-state index is -4.97. The molecule has 110 valence electrons. The zero-order valence-corrected chi connectivity index (χ0v) is 10.5. The van der Waals surface area contributed by atoms with Crippen LogP contribution in [0, 0.1) is 11.8 Å². The molecular weight excluding hydrogens is 263 g/mol. The van der Waals surface area contributed by atoms with E-state index in [4.69, 9.17) is 5.11 Å². The quantitative estimate of drug-likeness (QED) is 0.777. The molecule has 0 heterocycles. The summed E-state index contributed by atoms with van der Waals surface area (Å²) in [6.45, 7) is -0.460. The van der Waals surface area contributed by atoms with E-state index in [0.717, 1.165) is 25.7 Å². The molecule has 7 heteroatoms. The molecule has 0 aromatic rings. The molecule has 0 saturated heterocycles. The summed E-state index contributed by atoms with van der Waals surface area (Å²) in [4.78, 5) is 21.9. The van der Waals surface area contributed by atoms with Crippen LogP contribution in [0.5, 0.6) is 0 Å². The second-order valence-electron chi connectivity index (χ2n) is 4.90. The topological polar surface area (TPSA) is 66.4 Å². The van der Waals surface area contributed by atoms with Crippen LogP contribution in [0.25, 0.3) is 0 Å². The van der Waals surface area contributed by atoms with Crippen molar-refractivity contribution < 1.29 is 27.9 Å². The predicted octanol–water partition coefficient (Wildman–Crippen LogP) is 2.34. The Bertz CT molecular complexity index is 323. The molecule has 0 radical (unpaired) electrons. The van der Waals surface area contributed by atoms with Crippen LogP contribution < -0.4 is 5.32 Å². The first-order valence-electron chi connectivity index (χ1n) is 6.40. The number of carboxylic acid groups (broad SMARTS) is 1. The molecule has 1 saturated carbocycles. The first-order valence-corrected chi connectivity index (χ1v) is 6.40. The number of hydrogen-bond donors (Lipinski definition) is 2. The third kappa shape index (κ3) is 5.08. The maximum absolute atomic E-state index is 12.0. The zero-order valence-electron chi connectivity index (χ0n) is 10.5. The van der Waals surface area contributed by atoms with Crippen LogP contribution in [0.4, 0.5) is 13.2 Å². The molecule has 0 aromatic heterocycles. The molecule has 1 aliphatic carbocycles. The summed E-state index contributed by atoms with van der Waals surface area (Å²) in [5.74, 6) is -4.32. The second kappa shape index (κ2) is 6.77. The molecule has 1 aliphatic rings. The van der Waals surface area contributed by atoms with Crippen LogP contribution in [0.1, 0.15) is 38.5 Å². The number of carbonyl (C=O) groups is 2. The minimum Gasteiger partial charge on any atom is -0.481 e. The number of nitrogens with one attached hydrogen (secondary N) is 1. The number of alkyl halides is 3. The van der Waals surface area contributed by atoms with Crippen LogP contribution in [0.2, 0.25) is 0 Å². The largest absolute Gasteiger partial charge is 0.481 e. The molecule has 0 aliphatic heterocycles. The highest BCUT2D eigenvalue weighted by atomic mass is 19.4. The van der Waals surface area contributed by atoms with E-state index in [9.17, 15) is 22.8 Å². The van der Waals surface area contributed by atoms with Gasteiger partial charge in [0, 0.05) is 6.54 Å². The number of rotatable bonds is 4. The van der Waals surface area contributed by atoms with Gasteiger partial charge < -0.3 is 10.4 Å². The van der Waals surface area contributed by atoms with Crippen molar-refractivity contribution >= 4 is 11.9 Å². The normalized spacial score (nSPS) is 19.5. The Morgan fingerprint density at radius 2 is 1.68 bits per heavy atom. The van der Waals surface area contributed by atoms with Gasteiger partial charge in [-0.1, -0.05) is 25.7 Å². The van der Waals surface area contributed by atoms with E-state index < -0.39 is 30.5 Å². The van der Waals surface area contributed by atoms with Crippen LogP contribution in [-0.2, 0) is 9.59 Å². The van der Waals surface area contributed by atoms with Crippen molar-refractivity contribution in [2.24, 2.45) is 11.8 Å². The van der Waals surface area contributed by atoms with Gasteiger partial charge in [0.25, 0.3) is 0 Å². The molecular formula is C12H18F3NO3. The van der Waals surface area contributed by atoms with Gasteiger partial charge in [-0.2, -0.15) is 13.2 Å². The molecule has 0 aromatic carbocycles. The van der Waals surface area contributed by atoms with E-state index >= 15 is 0 Å². The highest BCUT2D eigenvalue weighted by Gasteiger charge is 2.39. The lowest BCUT2D eigenvalue weighted by atomic mass is 9.86. The van der Waals surface area contributed by atoms with E-state index in [1.165, 1.54) is 0 Å². The van der Waals surface area contributed by atoms with Gasteiger partial charge in [0.05, 0.1) is 5.92 Å². The maximum atomic E-state index is 12.0. The number of carbonyl (C=O) groups excluding carboxylic acids is 1. The number of aliphatic carboxylic acids is 1. The Morgan fingerprint density at radius 1 is 1.16 bits per heavy atom. The third-order valence-electron chi connectivity index (χ3n) is 3.53. The molecule has 0 spiro atoms. The number of halogens is 3. The van der Waals surface area contributed by atoms with Crippen LogP contribution in [0.15, 0.2) is 0 Å². The minimum absolute atomic E-state index is 0.159. The first kappa shape index (κ1) is 15.8. The average Bonchev–Trinajstić information content (AvgIpc) is 2.56. The fourth-order valence-corrected chi connectivity index (χ4v) is 2.47. The second-order valence-corrected chi connectivity index (χ2v) is 4.90. The maximum Gasteiger partial charge on any atom is 0.471 e. The first-order chi connectivity index (χ1) is 8.82. The average molecular weight is 281 g/mol. The predicted molar refractivity (Wildman–Crippen MR) is 61.4 cm³/mol. The molecule has 1 atom stereocenters. The molecule has 1 rings (SSSR count). The van der Waals surface area contributed by atoms with Crippen molar-refractivity contribution in [3.63, 3.8) is 0 Å². The van der Waals surface area contributed by atoms with E-state index in [2.05, 4.69) is 0 Å². The lowest BCUT2D eigenvalue weighted by Crippen LogP contribution is -2.42. The fourth-order valence-electron chi connectivity index (χ4n) is 2.47. The van der Waals surface area contributed by atoms with Crippen molar-refractivity contribution in [2.75, 3.05) is 6.54 Å². The van der Waals surface area contributed by atoms with E-state index in [0.29, 0.717) is 12.8 Å². The summed E-state index contributed by atoms with van der Waals surface area (Å²) < 4.78 is 36.1. The number of hydrogen-bond acceptors (Lipinski definition) is 2. The van der Waals surface area contributed by atoms with Gasteiger partial charge in [0.1, 0.15) is 0 Å². The molecule has 1 amide bonds. The summed E-state index contributed by atoms with van der Waals surface area (Å²) in [6, 6.07) is 0. The van der Waals surface area contributed by atoms with Gasteiger partial charge in [0.15, 0.2) is 0 Å². The van der Waals surface area contributed by atoms with Gasteiger partial charge >= 0.3 is 18.1 Å². The van der Waals surface area contributed by atoms with Crippen LogP contribution >= 0.6 is 0 Å². The Labute approximate surface area is 109 Å². The highest BCUT2D eigenvalue weighted by Crippen LogP contribution is 2.29. The number of amides is 1. The molecule has 0 bridgehead atoms. The van der Waals surface area contributed by atoms with Crippen molar-refractivity contribution in [3.05, 3.63) is 0 Å². The Morgan fingerprint density at radius 3 is 2.11 bits per heavy atom. The Kier molecular flexibility index (Phi) is 5.62. The standard InChI is InChI=1S/C12H18F3NO3/c13-12(14,15)11(19)16-7-9(10(17)18)8-5-3-1-2-4-6-8/h8-9H,1-7H2,(H,16,19)(H,17,18). The smallest absolute Gasteiger partial charge is 0.471 e. The summed E-state index contributed by atoms with van der Waals surface area (Å²) in [5.41, 5.74) is 0. The van der Waals surface area contributed by atoms with Gasteiger partial charge in [-0.15, -0.1) is 0 Å². The summed E-state index contributed by atoms with van der Waals surface area (Å²) in [7, 11) is 0. The third-order valence-corrected chi connectivity index (χ3v) is 3.53. The lowest BCUT2D eigenvalue weighted by Gasteiger charge is -2.23. The lowest BCUT2D eigenvalue weighted by molar-refractivity contribution is -0.174. The summed E-state index contributed by atoms with van der Waals surface area (Å²) in [5, 5.41) is 10.8. The van der Waals surface area contributed by atoms with Crippen LogP contribution in [-0.4, -0.2) is 29.7 Å². The Balaban J connectivity index is 2.57. The number of carboxylic acids is 1. The molecule has 2 N–H and O–H groups in total. The van der Waals surface area contributed by atoms with E-state index in [1.807, 2.05) is 0 Å². The Hall–Kier alpha value is -1.27.